The third-order valence-electron chi connectivity index (χ3n) is 12.9. The van der Waals surface area contributed by atoms with Crippen molar-refractivity contribution >= 4 is 34.8 Å². The number of nitrogens with one attached hydrogen (secondary N) is 4. The van der Waals surface area contributed by atoms with Crippen LogP contribution in [-0.4, -0.2) is 92.6 Å². The van der Waals surface area contributed by atoms with Crippen molar-refractivity contribution in [2.75, 3.05) is 20.8 Å². The number of piperidine rings is 1. The highest BCUT2D eigenvalue weighted by atomic mass is 16.5. The van der Waals surface area contributed by atoms with Gasteiger partial charge in [-0.25, -0.2) is 19.6 Å². The molecular weight excluding hydrogens is 773 g/mol. The van der Waals surface area contributed by atoms with E-state index in [0.717, 1.165) is 82.3 Å². The van der Waals surface area contributed by atoms with Crippen LogP contribution in [0.25, 0.3) is 44.4 Å². The fourth-order valence-electron chi connectivity index (χ4n) is 9.18. The summed E-state index contributed by atoms with van der Waals surface area (Å²) in [5, 5.41) is 7.64. The second-order valence-electron chi connectivity index (χ2n) is 17.2. The van der Waals surface area contributed by atoms with E-state index in [9.17, 15) is 19.2 Å². The smallest absolute Gasteiger partial charge is 0.407 e. The van der Waals surface area contributed by atoms with Crippen molar-refractivity contribution in [3.8, 4) is 33.6 Å². The molecule has 8 rings (SSSR count). The van der Waals surface area contributed by atoms with Crippen LogP contribution >= 0.6 is 0 Å². The van der Waals surface area contributed by atoms with Crippen molar-refractivity contribution in [1.82, 2.24) is 40.4 Å². The molecule has 3 aliphatic rings. The van der Waals surface area contributed by atoms with Gasteiger partial charge in [-0.2, -0.15) is 0 Å². The number of H-pyrrole nitrogens is 2. The van der Waals surface area contributed by atoms with E-state index < -0.39 is 24.3 Å². The van der Waals surface area contributed by atoms with E-state index in [4.69, 9.17) is 19.4 Å². The Labute approximate surface area is 356 Å². The average Bonchev–Trinajstić information content (AvgIpc) is 3.69. The Morgan fingerprint density at radius 3 is 2.08 bits per heavy atom. The number of aromatic amines is 2. The molecule has 320 valence electrons. The molecule has 0 radical (unpaired) electrons. The Morgan fingerprint density at radius 2 is 1.41 bits per heavy atom. The number of methoxy groups -OCH3 is 2. The minimum Gasteiger partial charge on any atom is -0.453 e. The van der Waals surface area contributed by atoms with E-state index in [1.165, 1.54) is 14.2 Å². The molecule has 1 saturated heterocycles. The molecule has 61 heavy (non-hydrogen) atoms. The zero-order chi connectivity index (χ0) is 42.9. The number of nitrogens with zero attached hydrogens (tertiary/aromatic N) is 4. The monoisotopic (exact) mass is 828 g/mol. The molecular formula is C47H56N8O6. The Kier molecular flexibility index (Phi) is 11.9. The highest BCUT2D eigenvalue weighted by Gasteiger charge is 2.51. The number of carbonyl (C=O) groups is 4. The van der Waals surface area contributed by atoms with Crippen molar-refractivity contribution in [2.45, 2.75) is 96.4 Å². The third-order valence-corrected chi connectivity index (χ3v) is 12.9. The zero-order valence-electron chi connectivity index (χ0n) is 35.7. The molecule has 5 aromatic rings. The predicted molar refractivity (Wildman–Crippen MR) is 232 cm³/mol. The van der Waals surface area contributed by atoms with Gasteiger partial charge in [0.15, 0.2) is 0 Å². The van der Waals surface area contributed by atoms with Crippen molar-refractivity contribution in [3.63, 3.8) is 0 Å². The van der Waals surface area contributed by atoms with Crippen LogP contribution in [0.4, 0.5) is 9.59 Å². The van der Waals surface area contributed by atoms with Crippen LogP contribution in [0.2, 0.25) is 0 Å². The lowest BCUT2D eigenvalue weighted by atomic mass is 9.97. The summed E-state index contributed by atoms with van der Waals surface area (Å²) in [5.74, 6) is 1.88. The molecule has 4 amide bonds. The molecule has 14 nitrogen and oxygen atoms in total. The fourth-order valence-corrected chi connectivity index (χ4v) is 9.18. The van der Waals surface area contributed by atoms with Gasteiger partial charge in [-0.05, 0) is 103 Å². The molecule has 2 saturated carbocycles. The minimum atomic E-state index is -0.710. The molecule has 3 heterocycles. The number of aromatic nitrogens is 4. The molecule has 0 spiro atoms. The van der Waals surface area contributed by atoms with Crippen LogP contribution in [0.5, 0.6) is 0 Å². The third kappa shape index (κ3) is 8.58. The first kappa shape index (κ1) is 41.5. The summed E-state index contributed by atoms with van der Waals surface area (Å²) < 4.78 is 9.59. The first-order valence-corrected chi connectivity index (χ1v) is 21.5. The second kappa shape index (κ2) is 17.4. The van der Waals surface area contributed by atoms with E-state index in [1.807, 2.05) is 49.9 Å². The molecule has 1 aliphatic heterocycles. The summed E-state index contributed by atoms with van der Waals surface area (Å²) in [7, 11) is 2.60. The lowest BCUT2D eigenvalue weighted by Gasteiger charge is -2.36. The van der Waals surface area contributed by atoms with Crippen LogP contribution in [0.1, 0.15) is 90.0 Å². The van der Waals surface area contributed by atoms with E-state index >= 15 is 0 Å². The second-order valence-corrected chi connectivity index (χ2v) is 17.2. The van der Waals surface area contributed by atoms with Gasteiger partial charge >= 0.3 is 12.2 Å². The van der Waals surface area contributed by atoms with E-state index in [-0.39, 0.29) is 35.9 Å². The van der Waals surface area contributed by atoms with Gasteiger partial charge in [0.25, 0.3) is 0 Å². The molecule has 4 N–H and O–H groups in total. The normalized spacial score (nSPS) is 19.7. The molecule has 2 bridgehead atoms. The number of rotatable bonds is 14. The standard InChI is InChI=1S/C47H56N8O6/c1-7-37(52-46(58)60-5)44(56)55-36-19-18-35(22-36)41(55)43-49-23-38(51-43)30-12-10-29(11-13-30)31-14-15-33-21-34(17-16-32(33)20-31)39-24-48-42(50-39)27(4)54(25-28-8-9-28)45(57)40(26(2)3)53-47(59)61-6/h10-17,20-21,23-24,26-28,35-37,40-41H,7-9,18-19,22,25H2,1-6H3,(H,48,50)(H,49,51)(H,52,58)(H,53,59). The van der Waals surface area contributed by atoms with Crippen molar-refractivity contribution in [3.05, 3.63) is 84.7 Å². The van der Waals surface area contributed by atoms with Gasteiger partial charge in [-0.15, -0.1) is 0 Å². The number of likely N-dealkylation sites (tertiary alicyclic amines) is 1. The highest BCUT2D eigenvalue weighted by Crippen LogP contribution is 2.50. The summed E-state index contributed by atoms with van der Waals surface area (Å²) >= 11 is 0. The molecule has 2 aliphatic carbocycles. The zero-order valence-corrected chi connectivity index (χ0v) is 35.7. The molecule has 6 unspecified atom stereocenters. The van der Waals surface area contributed by atoms with Gasteiger partial charge in [0, 0.05) is 18.2 Å². The van der Waals surface area contributed by atoms with Crippen molar-refractivity contribution in [2.24, 2.45) is 17.8 Å². The van der Waals surface area contributed by atoms with Gasteiger partial charge in [-0.3, -0.25) is 9.59 Å². The number of ether oxygens (including phenoxy) is 2. The number of carbonyl (C=O) groups excluding carboxylic acids is 4. The molecule has 6 atom stereocenters. The van der Waals surface area contributed by atoms with Gasteiger partial charge in [-0.1, -0.05) is 69.3 Å². The minimum absolute atomic E-state index is 0.0898. The van der Waals surface area contributed by atoms with Gasteiger partial charge in [0.2, 0.25) is 11.8 Å². The van der Waals surface area contributed by atoms with Crippen molar-refractivity contribution in [1.29, 1.82) is 0 Å². The average molecular weight is 829 g/mol. The van der Waals surface area contributed by atoms with E-state index in [1.54, 1.807) is 0 Å². The van der Waals surface area contributed by atoms with Crippen LogP contribution < -0.4 is 10.6 Å². The van der Waals surface area contributed by atoms with Crippen LogP contribution in [0.15, 0.2) is 73.1 Å². The SMILES string of the molecule is CCC(NC(=O)OC)C(=O)N1C2CCC(C2)C1c1ncc(-c2ccc(-c3ccc4cc(-c5cnc(C(C)N(CC6CC6)C(=O)C(NC(=O)OC)C(C)C)[nH]5)ccc4c3)cc2)[nH]1. The summed E-state index contributed by atoms with van der Waals surface area (Å²) in [5.41, 5.74) is 5.91. The first-order valence-electron chi connectivity index (χ1n) is 21.5. The Hall–Kier alpha value is -6.18. The maximum absolute atomic E-state index is 13.9. The van der Waals surface area contributed by atoms with Gasteiger partial charge in [0.05, 0.1) is 50.1 Å². The maximum atomic E-state index is 13.9. The predicted octanol–water partition coefficient (Wildman–Crippen LogP) is 8.15. The number of hydrogen-bond donors (Lipinski definition) is 4. The topological polar surface area (TPSA) is 175 Å². The van der Waals surface area contributed by atoms with E-state index in [0.29, 0.717) is 30.6 Å². The van der Waals surface area contributed by atoms with Gasteiger partial charge in [0.1, 0.15) is 23.7 Å². The summed E-state index contributed by atoms with van der Waals surface area (Å²) in [6.07, 6.45) is 8.01. The molecule has 3 aromatic carbocycles. The number of benzene rings is 3. The lowest BCUT2D eigenvalue weighted by molar-refractivity contribution is -0.138. The number of amides is 4. The quantitative estimate of drug-likeness (QED) is 0.0868. The Bertz CT molecular complexity index is 2400. The summed E-state index contributed by atoms with van der Waals surface area (Å²) in [6, 6.07) is 19.5. The number of imidazole rings is 2. The maximum Gasteiger partial charge on any atom is 0.407 e. The highest BCUT2D eigenvalue weighted by molar-refractivity contribution is 5.91. The molecule has 3 fully saturated rings. The van der Waals surface area contributed by atoms with Crippen LogP contribution in [-0.2, 0) is 19.1 Å². The lowest BCUT2D eigenvalue weighted by Crippen LogP contribution is -2.52. The van der Waals surface area contributed by atoms with Crippen LogP contribution in [0, 0.1) is 17.8 Å². The number of hydrogen-bond acceptors (Lipinski definition) is 8. The molecule has 14 heteroatoms. The summed E-state index contributed by atoms with van der Waals surface area (Å²) in [4.78, 5) is 72.1. The largest absolute Gasteiger partial charge is 0.453 e. The molecule has 2 aromatic heterocycles. The Morgan fingerprint density at radius 1 is 0.787 bits per heavy atom. The number of alkyl carbamates (subject to hydrolysis) is 2. The number of fused-ring (bicyclic) bond motifs is 3. The first-order chi connectivity index (χ1) is 29.5. The Balaban J connectivity index is 0.955. The summed E-state index contributed by atoms with van der Waals surface area (Å²) in [6.45, 7) is 8.30. The van der Waals surface area contributed by atoms with Gasteiger partial charge < -0.3 is 39.9 Å². The van der Waals surface area contributed by atoms with E-state index in [2.05, 4.69) is 81.3 Å². The van der Waals surface area contributed by atoms with Crippen LogP contribution in [0.3, 0.4) is 0 Å². The fraction of sp³-hybridized carbons (Fsp3) is 0.447. The van der Waals surface area contributed by atoms with Crippen molar-refractivity contribution < 1.29 is 28.7 Å².